The SMILES string of the molecule is C[C](C)(C)[Ti+2][C]1=CC=CC1.Cc1ccc(C=CC=Cc2ccc(C)cc2)cc1.[O-]c1ccccc1.[O-]c1ccccc1. The minimum atomic E-state index is 0.0718. The minimum Gasteiger partial charge on any atom is -0.872 e. The number of hydrogen-bond acceptors (Lipinski definition) is 2. The molecule has 0 aliphatic heterocycles. The van der Waals surface area contributed by atoms with E-state index in [-0.39, 0.29) is 30.7 Å². The molecule has 5 rings (SSSR count). The second-order valence-electron chi connectivity index (χ2n) is 10.9. The van der Waals surface area contributed by atoms with E-state index in [4.69, 9.17) is 0 Å². The molecule has 0 fully saturated rings. The van der Waals surface area contributed by atoms with E-state index in [9.17, 15) is 10.2 Å². The molecule has 0 N–H and O–H groups in total. The second-order valence-corrected chi connectivity index (χ2v) is 14.6. The summed E-state index contributed by atoms with van der Waals surface area (Å²) in [6, 6.07) is 33.7. The van der Waals surface area contributed by atoms with Gasteiger partial charge in [-0.1, -0.05) is 145 Å². The van der Waals surface area contributed by atoms with E-state index in [0.717, 1.165) is 0 Å². The van der Waals surface area contributed by atoms with Gasteiger partial charge >= 0.3 is 72.2 Å². The van der Waals surface area contributed by atoms with Crippen molar-refractivity contribution >= 4 is 12.2 Å². The first-order valence-electron chi connectivity index (χ1n) is 14.2. The number of hydrogen-bond donors (Lipinski definition) is 0. The van der Waals surface area contributed by atoms with E-state index in [1.54, 1.807) is 28.1 Å². The van der Waals surface area contributed by atoms with Gasteiger partial charge in [0.2, 0.25) is 0 Å². The van der Waals surface area contributed by atoms with Crippen molar-refractivity contribution in [3.63, 3.8) is 0 Å². The third-order valence-electron chi connectivity index (χ3n) is 5.64. The summed E-state index contributed by atoms with van der Waals surface area (Å²) in [4.78, 5) is 0. The molecule has 0 aromatic heterocycles. The monoisotopic (exact) mass is 590 g/mol. The second kappa shape index (κ2) is 19.3. The molecule has 0 unspecified atom stereocenters. The van der Waals surface area contributed by atoms with Crippen molar-refractivity contribution in [1.29, 1.82) is 0 Å². The van der Waals surface area contributed by atoms with Crippen LogP contribution < -0.4 is 10.2 Å². The summed E-state index contributed by atoms with van der Waals surface area (Å²) >= 11 is 0.146. The van der Waals surface area contributed by atoms with Crippen LogP contribution in [0.4, 0.5) is 0 Å². The summed E-state index contributed by atoms with van der Waals surface area (Å²) in [5.41, 5.74) is 5.05. The predicted octanol–water partition coefficient (Wildman–Crippen LogP) is 9.68. The average Bonchev–Trinajstić information content (AvgIpc) is 3.47. The normalized spacial score (nSPS) is 11.8. The fourth-order valence-electron chi connectivity index (χ4n) is 3.55. The Kier molecular flexibility index (Phi) is 15.8. The molecule has 0 atom stereocenters. The van der Waals surface area contributed by atoms with Crippen LogP contribution in [0.5, 0.6) is 11.5 Å². The molecule has 1 aliphatic rings. The summed E-state index contributed by atoms with van der Waals surface area (Å²) < 4.78 is 2.28. The molecule has 0 amide bonds. The number of para-hydroxylation sites is 2. The summed E-state index contributed by atoms with van der Waals surface area (Å²) in [6.45, 7) is 11.2. The Morgan fingerprint density at radius 2 is 1.00 bits per heavy atom. The Morgan fingerprint density at radius 1 is 0.595 bits per heavy atom. The summed E-state index contributed by atoms with van der Waals surface area (Å²) in [7, 11) is 0. The van der Waals surface area contributed by atoms with Gasteiger partial charge in [0.25, 0.3) is 0 Å². The Bertz CT molecular complexity index is 1300. The zero-order valence-electron chi connectivity index (χ0n) is 25.5. The largest absolute Gasteiger partial charge is 0.872 e. The van der Waals surface area contributed by atoms with Gasteiger partial charge in [-0.3, -0.25) is 0 Å². The van der Waals surface area contributed by atoms with Crippen LogP contribution in [0.1, 0.15) is 49.4 Å². The van der Waals surface area contributed by atoms with Crippen LogP contribution in [0.25, 0.3) is 12.2 Å². The maximum Gasteiger partial charge on any atom is -0.0256 e. The third-order valence-corrected chi connectivity index (χ3v) is 7.89. The van der Waals surface area contributed by atoms with Crippen molar-refractivity contribution in [2.45, 2.75) is 44.8 Å². The fraction of sp³-hybridized carbons (Fsp3) is 0.179. The number of allylic oxidation sites excluding steroid dienone is 6. The van der Waals surface area contributed by atoms with Gasteiger partial charge in [0.1, 0.15) is 0 Å². The summed E-state index contributed by atoms with van der Waals surface area (Å²) in [5.74, 6) is 0.144. The van der Waals surface area contributed by atoms with Crippen LogP contribution in [-0.2, 0) is 19.2 Å². The van der Waals surface area contributed by atoms with Crippen molar-refractivity contribution in [2.75, 3.05) is 0 Å². The average molecular weight is 591 g/mol. The van der Waals surface area contributed by atoms with Gasteiger partial charge in [0, 0.05) is 0 Å². The van der Waals surface area contributed by atoms with Crippen molar-refractivity contribution in [3.8, 4) is 11.5 Å². The van der Waals surface area contributed by atoms with Crippen LogP contribution in [-0.4, -0.2) is 0 Å². The van der Waals surface area contributed by atoms with E-state index in [1.165, 1.54) is 52.9 Å². The first-order valence-corrected chi connectivity index (χ1v) is 15.7. The molecular weight excluding hydrogens is 548 g/mol. The van der Waals surface area contributed by atoms with Gasteiger partial charge in [-0.25, -0.2) is 0 Å². The molecule has 42 heavy (non-hydrogen) atoms. The van der Waals surface area contributed by atoms with Crippen molar-refractivity contribution in [3.05, 3.63) is 166 Å². The molecule has 1 aliphatic carbocycles. The zero-order chi connectivity index (χ0) is 30.6. The molecular formula is C39H42O2Ti. The van der Waals surface area contributed by atoms with E-state index in [0.29, 0.717) is 3.72 Å². The van der Waals surface area contributed by atoms with Crippen LogP contribution in [0, 0.1) is 13.8 Å². The standard InChI is InChI=1S/C18H18.2C6H6O.C5H5.C4H9.Ti/c1-15-7-11-17(12-8-15)5-3-4-6-18-13-9-16(2)10-14-18;2*7-6-4-2-1-3-5-6;1-2-4-5-3-1;1-4(2)3;/h3-14H,1-2H3;2*1-5,7H;1-3H,4H2;1-3H3;/q;;;;;+2/p-2. The molecule has 0 heterocycles. The van der Waals surface area contributed by atoms with Gasteiger partial charge in [-0.2, -0.15) is 0 Å². The van der Waals surface area contributed by atoms with Crippen molar-refractivity contribution in [2.24, 2.45) is 0 Å². The van der Waals surface area contributed by atoms with Gasteiger partial charge in [-0.05, 0) is 25.0 Å². The third kappa shape index (κ3) is 17.1. The van der Waals surface area contributed by atoms with Gasteiger partial charge in [0.15, 0.2) is 0 Å². The molecule has 2 nitrogen and oxygen atoms in total. The number of aryl methyl sites for hydroxylation is 2. The Labute approximate surface area is 262 Å². The van der Waals surface area contributed by atoms with Crippen LogP contribution in [0.15, 0.2) is 143 Å². The summed E-state index contributed by atoms with van der Waals surface area (Å²) in [5, 5.41) is 20.5. The Morgan fingerprint density at radius 3 is 1.29 bits per heavy atom. The molecule has 0 saturated heterocycles. The molecule has 214 valence electrons. The quantitative estimate of drug-likeness (QED) is 0.175. The Hall–Kier alpha value is -3.85. The molecule has 0 bridgehead atoms. The molecule has 0 spiro atoms. The first-order chi connectivity index (χ1) is 20.1. The fourth-order valence-corrected chi connectivity index (χ4v) is 5.68. The molecule has 0 radical (unpaired) electrons. The zero-order valence-corrected chi connectivity index (χ0v) is 27.0. The first kappa shape index (κ1) is 34.4. The van der Waals surface area contributed by atoms with Crippen molar-refractivity contribution < 1.29 is 29.4 Å². The van der Waals surface area contributed by atoms with Crippen molar-refractivity contribution in [1.82, 2.24) is 0 Å². The van der Waals surface area contributed by atoms with E-state index >= 15 is 0 Å². The topological polar surface area (TPSA) is 46.1 Å². The Balaban J connectivity index is 0.000000216. The minimum absolute atomic E-state index is 0.0718. The predicted molar refractivity (Wildman–Crippen MR) is 174 cm³/mol. The molecule has 0 saturated carbocycles. The van der Waals surface area contributed by atoms with E-state index < -0.39 is 0 Å². The van der Waals surface area contributed by atoms with E-state index in [1.807, 2.05) is 12.1 Å². The maximum atomic E-state index is 10.3. The van der Waals surface area contributed by atoms with Crippen LogP contribution >= 0.6 is 0 Å². The number of benzene rings is 4. The van der Waals surface area contributed by atoms with Gasteiger partial charge in [-0.15, -0.1) is 11.5 Å². The smallest absolute Gasteiger partial charge is 0.0256 e. The molecule has 4 aromatic carbocycles. The number of rotatable bonds is 4. The van der Waals surface area contributed by atoms with E-state index in [2.05, 4.69) is 126 Å². The summed E-state index contributed by atoms with van der Waals surface area (Å²) in [6.07, 6.45) is 16.3. The maximum absolute atomic E-state index is 10.3. The molecule has 3 heteroatoms. The van der Waals surface area contributed by atoms with Crippen LogP contribution in [0.3, 0.4) is 0 Å². The van der Waals surface area contributed by atoms with Gasteiger partial charge < -0.3 is 10.2 Å². The van der Waals surface area contributed by atoms with Crippen LogP contribution in [0.2, 0.25) is 3.72 Å². The molecule has 4 aromatic rings. The van der Waals surface area contributed by atoms with Gasteiger partial charge in [0.05, 0.1) is 0 Å².